The standard InChI is InChI=1S/C13H25NO2/c1-2-11-5-6-13(8-11,10-15)14-9-12-4-3-7-16-12/h11-12,14-15H,2-10H2,1H3. The Morgan fingerprint density at radius 2 is 2.31 bits per heavy atom. The predicted octanol–water partition coefficient (Wildman–Crippen LogP) is 1.70. The molecule has 1 aliphatic heterocycles. The van der Waals surface area contributed by atoms with Crippen molar-refractivity contribution < 1.29 is 9.84 Å². The molecule has 1 aliphatic carbocycles. The highest BCUT2D eigenvalue weighted by Crippen LogP contribution is 2.36. The lowest BCUT2D eigenvalue weighted by atomic mass is 9.95. The Morgan fingerprint density at radius 1 is 1.44 bits per heavy atom. The molecule has 1 saturated carbocycles. The van der Waals surface area contributed by atoms with Crippen molar-refractivity contribution in [2.24, 2.45) is 5.92 Å². The van der Waals surface area contributed by atoms with Crippen LogP contribution in [0, 0.1) is 5.92 Å². The minimum absolute atomic E-state index is 0.00731. The van der Waals surface area contributed by atoms with Crippen LogP contribution in [0.25, 0.3) is 0 Å². The maximum Gasteiger partial charge on any atom is 0.0700 e. The molecule has 0 radical (unpaired) electrons. The summed E-state index contributed by atoms with van der Waals surface area (Å²) in [7, 11) is 0. The van der Waals surface area contributed by atoms with Gasteiger partial charge in [-0.1, -0.05) is 13.3 Å². The Bertz CT molecular complexity index is 216. The molecule has 94 valence electrons. The summed E-state index contributed by atoms with van der Waals surface area (Å²) in [6.45, 7) is 4.35. The third-order valence-corrected chi connectivity index (χ3v) is 4.32. The molecule has 3 unspecified atom stereocenters. The number of ether oxygens (including phenoxy) is 1. The second kappa shape index (κ2) is 5.48. The molecule has 0 spiro atoms. The summed E-state index contributed by atoms with van der Waals surface area (Å²) in [5, 5.41) is 13.2. The van der Waals surface area contributed by atoms with Crippen molar-refractivity contribution in [3.8, 4) is 0 Å². The van der Waals surface area contributed by atoms with Crippen LogP contribution in [0.3, 0.4) is 0 Å². The van der Waals surface area contributed by atoms with E-state index in [-0.39, 0.29) is 12.1 Å². The van der Waals surface area contributed by atoms with Crippen molar-refractivity contribution in [1.29, 1.82) is 0 Å². The number of aliphatic hydroxyl groups is 1. The molecule has 3 atom stereocenters. The lowest BCUT2D eigenvalue weighted by molar-refractivity contribution is 0.0877. The quantitative estimate of drug-likeness (QED) is 0.751. The van der Waals surface area contributed by atoms with Crippen LogP contribution in [0.2, 0.25) is 0 Å². The zero-order valence-electron chi connectivity index (χ0n) is 10.4. The monoisotopic (exact) mass is 227 g/mol. The van der Waals surface area contributed by atoms with Crippen molar-refractivity contribution >= 4 is 0 Å². The maximum atomic E-state index is 9.60. The van der Waals surface area contributed by atoms with Crippen LogP contribution in [-0.4, -0.2) is 36.5 Å². The van der Waals surface area contributed by atoms with Crippen LogP contribution >= 0.6 is 0 Å². The molecule has 0 aromatic heterocycles. The summed E-state index contributed by atoms with van der Waals surface area (Å²) >= 11 is 0. The Kier molecular flexibility index (Phi) is 4.22. The molecule has 16 heavy (non-hydrogen) atoms. The molecule has 0 bridgehead atoms. The highest BCUT2D eigenvalue weighted by Gasteiger charge is 2.38. The van der Waals surface area contributed by atoms with E-state index in [1.807, 2.05) is 0 Å². The molecule has 2 aliphatic rings. The normalized spacial score (nSPS) is 39.4. The van der Waals surface area contributed by atoms with Gasteiger partial charge in [0.2, 0.25) is 0 Å². The topological polar surface area (TPSA) is 41.5 Å². The maximum absolute atomic E-state index is 9.60. The van der Waals surface area contributed by atoms with Gasteiger partial charge in [0.05, 0.1) is 12.7 Å². The molecule has 2 N–H and O–H groups in total. The Morgan fingerprint density at radius 3 is 2.88 bits per heavy atom. The van der Waals surface area contributed by atoms with Crippen LogP contribution in [0.5, 0.6) is 0 Å². The van der Waals surface area contributed by atoms with Gasteiger partial charge in [-0.3, -0.25) is 0 Å². The van der Waals surface area contributed by atoms with E-state index in [1.165, 1.54) is 25.7 Å². The number of hydrogen-bond donors (Lipinski definition) is 2. The summed E-state index contributed by atoms with van der Waals surface area (Å²) in [6, 6.07) is 0. The Labute approximate surface area is 98.6 Å². The van der Waals surface area contributed by atoms with Gasteiger partial charge in [0.1, 0.15) is 0 Å². The summed E-state index contributed by atoms with van der Waals surface area (Å²) in [6.07, 6.45) is 7.49. The minimum Gasteiger partial charge on any atom is -0.394 e. The second-order valence-corrected chi connectivity index (χ2v) is 5.47. The van der Waals surface area contributed by atoms with Crippen LogP contribution in [0.1, 0.15) is 45.4 Å². The fraction of sp³-hybridized carbons (Fsp3) is 1.00. The zero-order chi connectivity index (χ0) is 11.4. The first-order valence-corrected chi connectivity index (χ1v) is 6.75. The largest absolute Gasteiger partial charge is 0.394 e. The molecule has 2 rings (SSSR count). The average Bonchev–Trinajstić information content (AvgIpc) is 2.96. The zero-order valence-corrected chi connectivity index (χ0v) is 10.4. The number of nitrogens with one attached hydrogen (secondary N) is 1. The smallest absolute Gasteiger partial charge is 0.0700 e. The van der Waals surface area contributed by atoms with E-state index in [0.717, 1.165) is 31.9 Å². The third kappa shape index (κ3) is 2.76. The highest BCUT2D eigenvalue weighted by atomic mass is 16.5. The molecular formula is C13H25NO2. The third-order valence-electron chi connectivity index (χ3n) is 4.32. The van der Waals surface area contributed by atoms with Gasteiger partial charge in [0.25, 0.3) is 0 Å². The van der Waals surface area contributed by atoms with E-state index in [9.17, 15) is 5.11 Å². The van der Waals surface area contributed by atoms with E-state index < -0.39 is 0 Å². The van der Waals surface area contributed by atoms with Gasteiger partial charge < -0.3 is 15.2 Å². The van der Waals surface area contributed by atoms with E-state index >= 15 is 0 Å². The lowest BCUT2D eigenvalue weighted by Crippen LogP contribution is -2.49. The van der Waals surface area contributed by atoms with E-state index in [0.29, 0.717) is 6.10 Å². The first-order chi connectivity index (χ1) is 7.78. The van der Waals surface area contributed by atoms with Gasteiger partial charge in [0.15, 0.2) is 0 Å². The van der Waals surface area contributed by atoms with Crippen LogP contribution in [0.4, 0.5) is 0 Å². The summed E-state index contributed by atoms with van der Waals surface area (Å²) in [4.78, 5) is 0. The first kappa shape index (κ1) is 12.3. The van der Waals surface area contributed by atoms with Crippen LogP contribution < -0.4 is 5.32 Å². The number of aliphatic hydroxyl groups excluding tert-OH is 1. The van der Waals surface area contributed by atoms with Crippen molar-refractivity contribution in [2.45, 2.75) is 57.1 Å². The van der Waals surface area contributed by atoms with Gasteiger partial charge in [-0.05, 0) is 38.0 Å². The highest BCUT2D eigenvalue weighted by molar-refractivity contribution is 4.96. The second-order valence-electron chi connectivity index (χ2n) is 5.47. The first-order valence-electron chi connectivity index (χ1n) is 6.75. The summed E-state index contributed by atoms with van der Waals surface area (Å²) in [5.74, 6) is 0.796. The minimum atomic E-state index is -0.00731. The molecule has 1 saturated heterocycles. The van der Waals surface area contributed by atoms with Crippen molar-refractivity contribution in [1.82, 2.24) is 5.32 Å². The van der Waals surface area contributed by atoms with Gasteiger partial charge in [-0.2, -0.15) is 0 Å². The van der Waals surface area contributed by atoms with Gasteiger partial charge >= 0.3 is 0 Å². The molecule has 3 heteroatoms. The van der Waals surface area contributed by atoms with Gasteiger partial charge in [0, 0.05) is 18.7 Å². The van der Waals surface area contributed by atoms with E-state index in [4.69, 9.17) is 4.74 Å². The lowest BCUT2D eigenvalue weighted by Gasteiger charge is -2.30. The van der Waals surface area contributed by atoms with Crippen LogP contribution in [-0.2, 0) is 4.74 Å². The SMILES string of the molecule is CCC1CCC(CO)(NCC2CCCO2)C1. The van der Waals surface area contributed by atoms with Gasteiger partial charge in [-0.15, -0.1) is 0 Å². The Hall–Kier alpha value is -0.120. The molecule has 1 heterocycles. The fourth-order valence-electron chi connectivity index (χ4n) is 3.08. The van der Waals surface area contributed by atoms with Crippen molar-refractivity contribution in [3.63, 3.8) is 0 Å². The Balaban J connectivity index is 1.80. The van der Waals surface area contributed by atoms with E-state index in [2.05, 4.69) is 12.2 Å². The number of hydrogen-bond acceptors (Lipinski definition) is 3. The summed E-state index contributed by atoms with van der Waals surface area (Å²) < 4.78 is 5.61. The predicted molar refractivity (Wildman–Crippen MR) is 64.4 cm³/mol. The van der Waals surface area contributed by atoms with Crippen molar-refractivity contribution in [3.05, 3.63) is 0 Å². The summed E-state index contributed by atoms with van der Waals surface area (Å²) in [5.41, 5.74) is -0.00731. The molecule has 0 amide bonds. The molecule has 3 nitrogen and oxygen atoms in total. The molecule has 0 aromatic carbocycles. The molecular weight excluding hydrogens is 202 g/mol. The van der Waals surface area contributed by atoms with Crippen LogP contribution in [0.15, 0.2) is 0 Å². The van der Waals surface area contributed by atoms with Gasteiger partial charge in [-0.25, -0.2) is 0 Å². The van der Waals surface area contributed by atoms with E-state index in [1.54, 1.807) is 0 Å². The number of rotatable bonds is 5. The average molecular weight is 227 g/mol. The molecule has 0 aromatic rings. The fourth-order valence-corrected chi connectivity index (χ4v) is 3.08. The molecule has 2 fully saturated rings. The van der Waals surface area contributed by atoms with Crippen molar-refractivity contribution in [2.75, 3.05) is 19.8 Å².